The van der Waals surface area contributed by atoms with E-state index in [4.69, 9.17) is 9.97 Å². The zero-order valence-electron chi connectivity index (χ0n) is 16.8. The number of nitrogens with zero attached hydrogens (tertiary/aromatic N) is 4. The number of fused-ring (bicyclic) bond motifs is 1. The molecule has 0 aromatic carbocycles. The predicted octanol–water partition coefficient (Wildman–Crippen LogP) is 4.27. The summed E-state index contributed by atoms with van der Waals surface area (Å²) in [7, 11) is 0. The van der Waals surface area contributed by atoms with Gasteiger partial charge < -0.3 is 15.3 Å². The molecule has 3 N–H and O–H groups in total. The van der Waals surface area contributed by atoms with Crippen LogP contribution in [-0.2, 0) is 0 Å². The molecule has 1 atom stereocenters. The summed E-state index contributed by atoms with van der Waals surface area (Å²) in [5.74, 6) is 4.17. The van der Waals surface area contributed by atoms with Gasteiger partial charge in [-0.2, -0.15) is 10.1 Å². The molecule has 5 rings (SSSR count). The van der Waals surface area contributed by atoms with Crippen molar-refractivity contribution in [2.45, 2.75) is 44.9 Å². The number of hydrogen-bond donors (Lipinski definition) is 3. The Bertz CT molecular complexity index is 973. The second-order valence-corrected chi connectivity index (χ2v) is 9.48. The Morgan fingerprint density at radius 3 is 2.86 bits per heavy atom. The highest BCUT2D eigenvalue weighted by Gasteiger charge is 2.26. The van der Waals surface area contributed by atoms with E-state index in [0.29, 0.717) is 17.8 Å². The molecule has 0 amide bonds. The summed E-state index contributed by atoms with van der Waals surface area (Å²) in [5.41, 5.74) is 2.19. The van der Waals surface area contributed by atoms with Gasteiger partial charge in [-0.05, 0) is 55.4 Å². The molecule has 7 nitrogen and oxygen atoms in total. The van der Waals surface area contributed by atoms with Gasteiger partial charge in [0.05, 0.1) is 10.2 Å². The predicted molar refractivity (Wildman–Crippen MR) is 117 cm³/mol. The zero-order valence-corrected chi connectivity index (χ0v) is 17.6. The zero-order chi connectivity index (χ0) is 19.8. The van der Waals surface area contributed by atoms with Crippen molar-refractivity contribution in [3.63, 3.8) is 0 Å². The Morgan fingerprint density at radius 1 is 1.28 bits per heavy atom. The molecule has 0 radical (unpaired) electrons. The summed E-state index contributed by atoms with van der Waals surface area (Å²) < 4.78 is 1.07. The molecule has 1 saturated carbocycles. The fourth-order valence-electron chi connectivity index (χ4n) is 4.22. The van der Waals surface area contributed by atoms with E-state index < -0.39 is 0 Å². The standard InChI is InChI=1S/C21H28N6OS/c1-13(12-28)10-14-4-7-27(8-5-14)21-22-16-6-9-29-19(16)20(24-21)23-18-11-17(25-26-18)15-2-3-15/h6,9,11,13-15,28H,2-5,7-8,10,12H2,1H3,(H2,22,23,24,25,26). The van der Waals surface area contributed by atoms with Crippen LogP contribution >= 0.6 is 11.3 Å². The van der Waals surface area contributed by atoms with Gasteiger partial charge >= 0.3 is 0 Å². The average molecular weight is 413 g/mol. The largest absolute Gasteiger partial charge is 0.396 e. The van der Waals surface area contributed by atoms with E-state index in [1.54, 1.807) is 11.3 Å². The number of aliphatic hydroxyl groups excluding tert-OH is 1. The Balaban J connectivity index is 1.33. The third-order valence-corrected chi connectivity index (χ3v) is 7.01. The monoisotopic (exact) mass is 412 g/mol. The molecule has 0 bridgehead atoms. The maximum atomic E-state index is 9.32. The minimum absolute atomic E-state index is 0.281. The highest BCUT2D eigenvalue weighted by atomic mass is 32.1. The number of piperidine rings is 1. The van der Waals surface area contributed by atoms with Gasteiger partial charge in [-0.15, -0.1) is 11.3 Å². The first-order valence-electron chi connectivity index (χ1n) is 10.6. The van der Waals surface area contributed by atoms with Crippen molar-refractivity contribution < 1.29 is 5.11 Å². The fraction of sp³-hybridized carbons (Fsp3) is 0.571. The number of rotatable bonds is 7. The summed E-state index contributed by atoms with van der Waals surface area (Å²) in [6.45, 7) is 4.34. The maximum absolute atomic E-state index is 9.32. The first-order chi connectivity index (χ1) is 14.2. The quantitative estimate of drug-likeness (QED) is 0.537. The molecular formula is C21H28N6OS. The fourth-order valence-corrected chi connectivity index (χ4v) is 4.99. The lowest BCUT2D eigenvalue weighted by Gasteiger charge is -2.33. The summed E-state index contributed by atoms with van der Waals surface area (Å²) in [5, 5.41) is 22.4. The van der Waals surface area contributed by atoms with Crippen LogP contribution in [0.1, 0.15) is 50.6 Å². The topological polar surface area (TPSA) is 90.0 Å². The van der Waals surface area contributed by atoms with E-state index in [1.807, 2.05) is 0 Å². The highest BCUT2D eigenvalue weighted by molar-refractivity contribution is 7.17. The lowest BCUT2D eigenvalue weighted by Crippen LogP contribution is -2.35. The van der Waals surface area contributed by atoms with Crippen LogP contribution in [0, 0.1) is 11.8 Å². The van der Waals surface area contributed by atoms with Crippen molar-refractivity contribution in [1.29, 1.82) is 0 Å². The summed E-state index contributed by atoms with van der Waals surface area (Å²) in [6.07, 6.45) is 5.86. The molecule has 1 aliphatic heterocycles. The van der Waals surface area contributed by atoms with Crippen LogP contribution < -0.4 is 10.2 Å². The molecule has 1 unspecified atom stereocenters. The van der Waals surface area contributed by atoms with Crippen LogP contribution in [0.4, 0.5) is 17.6 Å². The number of anilines is 3. The van der Waals surface area contributed by atoms with Gasteiger partial charge in [0, 0.05) is 37.4 Å². The van der Waals surface area contributed by atoms with Crippen molar-refractivity contribution >= 4 is 39.1 Å². The Labute approximate surface area is 174 Å². The minimum atomic E-state index is 0.281. The maximum Gasteiger partial charge on any atom is 0.227 e. The third-order valence-electron chi connectivity index (χ3n) is 6.10. The number of aromatic nitrogens is 4. The third kappa shape index (κ3) is 4.09. The Kier molecular flexibility index (Phi) is 5.13. The van der Waals surface area contributed by atoms with E-state index in [1.165, 1.54) is 18.5 Å². The normalized spacial score (nSPS) is 19.0. The summed E-state index contributed by atoms with van der Waals surface area (Å²) in [4.78, 5) is 12.0. The van der Waals surface area contributed by atoms with Crippen LogP contribution in [0.15, 0.2) is 17.5 Å². The van der Waals surface area contributed by atoms with Crippen LogP contribution in [0.25, 0.3) is 10.2 Å². The molecule has 1 aliphatic carbocycles. The SMILES string of the molecule is CC(CO)CC1CCN(c2nc(Nc3cc(C4CC4)[nH]n3)c3sccc3n2)CC1. The molecule has 29 heavy (non-hydrogen) atoms. The minimum Gasteiger partial charge on any atom is -0.396 e. The van der Waals surface area contributed by atoms with Crippen molar-refractivity contribution in [2.24, 2.45) is 11.8 Å². The second-order valence-electron chi connectivity index (χ2n) is 8.57. The molecule has 0 spiro atoms. The molecule has 3 aromatic rings. The van der Waals surface area contributed by atoms with Gasteiger partial charge in [0.1, 0.15) is 0 Å². The first kappa shape index (κ1) is 18.8. The van der Waals surface area contributed by atoms with Crippen LogP contribution in [-0.4, -0.2) is 45.0 Å². The van der Waals surface area contributed by atoms with Crippen molar-refractivity contribution in [3.05, 3.63) is 23.2 Å². The van der Waals surface area contributed by atoms with Crippen molar-refractivity contribution in [2.75, 3.05) is 29.9 Å². The van der Waals surface area contributed by atoms with E-state index in [0.717, 1.165) is 60.2 Å². The van der Waals surface area contributed by atoms with E-state index >= 15 is 0 Å². The number of aromatic amines is 1. The first-order valence-corrected chi connectivity index (χ1v) is 11.5. The van der Waals surface area contributed by atoms with Gasteiger partial charge in [0.15, 0.2) is 11.6 Å². The number of H-pyrrole nitrogens is 1. The van der Waals surface area contributed by atoms with Crippen LogP contribution in [0.2, 0.25) is 0 Å². The molecule has 8 heteroatoms. The molecule has 2 aliphatic rings. The van der Waals surface area contributed by atoms with E-state index in [9.17, 15) is 5.11 Å². The van der Waals surface area contributed by atoms with Gasteiger partial charge in [-0.3, -0.25) is 5.10 Å². The molecular weight excluding hydrogens is 384 g/mol. The number of aliphatic hydroxyl groups is 1. The summed E-state index contributed by atoms with van der Waals surface area (Å²) >= 11 is 1.66. The lowest BCUT2D eigenvalue weighted by atomic mass is 9.88. The molecule has 2 fully saturated rings. The molecule has 4 heterocycles. The number of nitrogens with one attached hydrogen (secondary N) is 2. The number of thiophene rings is 1. The van der Waals surface area contributed by atoms with Gasteiger partial charge in [0.2, 0.25) is 5.95 Å². The van der Waals surface area contributed by atoms with Crippen LogP contribution in [0.3, 0.4) is 0 Å². The average Bonchev–Trinajstić information content (AvgIpc) is 3.29. The van der Waals surface area contributed by atoms with Gasteiger partial charge in [-0.1, -0.05) is 6.92 Å². The second kappa shape index (κ2) is 7.91. The number of hydrogen-bond acceptors (Lipinski definition) is 7. The van der Waals surface area contributed by atoms with Crippen LogP contribution in [0.5, 0.6) is 0 Å². The summed E-state index contributed by atoms with van der Waals surface area (Å²) in [6, 6.07) is 4.17. The van der Waals surface area contributed by atoms with Crippen molar-refractivity contribution in [1.82, 2.24) is 20.2 Å². The molecule has 154 valence electrons. The lowest BCUT2D eigenvalue weighted by molar-refractivity contribution is 0.202. The molecule has 3 aromatic heterocycles. The van der Waals surface area contributed by atoms with Crippen molar-refractivity contribution in [3.8, 4) is 0 Å². The van der Waals surface area contributed by atoms with E-state index in [2.05, 4.69) is 44.9 Å². The Morgan fingerprint density at radius 2 is 2.10 bits per heavy atom. The van der Waals surface area contributed by atoms with Gasteiger partial charge in [-0.25, -0.2) is 4.98 Å². The van der Waals surface area contributed by atoms with Gasteiger partial charge in [0.25, 0.3) is 0 Å². The van der Waals surface area contributed by atoms with E-state index in [-0.39, 0.29) is 6.61 Å². The Hall–Kier alpha value is -2.19. The smallest absolute Gasteiger partial charge is 0.227 e. The highest BCUT2D eigenvalue weighted by Crippen LogP contribution is 2.40. The molecule has 1 saturated heterocycles.